The number of nitrogens with zero attached hydrogens (tertiary/aromatic N) is 4. The van der Waals surface area contributed by atoms with Gasteiger partial charge in [-0.15, -0.1) is 0 Å². The Morgan fingerprint density at radius 2 is 1.86 bits per heavy atom. The largest absolute Gasteiger partial charge is 0.497 e. The highest BCUT2D eigenvalue weighted by Gasteiger charge is 2.12. The summed E-state index contributed by atoms with van der Waals surface area (Å²) in [6, 6.07) is 16.0. The van der Waals surface area contributed by atoms with E-state index in [2.05, 4.69) is 43.9 Å². The molecule has 0 atom stereocenters. The fourth-order valence-electron chi connectivity index (χ4n) is 2.98. The Morgan fingerprint density at radius 3 is 2.66 bits per heavy atom. The number of nitrogens with one attached hydrogen (secondary N) is 1. The van der Waals surface area contributed by atoms with Crippen LogP contribution in [0.2, 0.25) is 0 Å². The number of ether oxygens (including phenoxy) is 2. The molecular formula is C21H21N5O2S. The number of hydrogen-bond donors (Lipinski definition) is 1. The maximum atomic E-state index is 5.43. The first kappa shape index (κ1) is 19.1. The van der Waals surface area contributed by atoms with Gasteiger partial charge < -0.3 is 18.8 Å². The number of hydrogen-bond acceptors (Lipinski definition) is 7. The van der Waals surface area contributed by atoms with Crippen molar-refractivity contribution in [2.45, 2.75) is 17.9 Å². The van der Waals surface area contributed by atoms with Crippen molar-refractivity contribution in [2.24, 2.45) is 0 Å². The number of aryl methyl sites for hydroxylation is 2. The van der Waals surface area contributed by atoms with Crippen molar-refractivity contribution in [1.82, 2.24) is 19.5 Å². The van der Waals surface area contributed by atoms with E-state index in [0.29, 0.717) is 5.82 Å². The number of benzene rings is 2. The Kier molecular flexibility index (Phi) is 5.81. The van der Waals surface area contributed by atoms with E-state index in [-0.39, 0.29) is 0 Å². The van der Waals surface area contributed by atoms with Crippen LogP contribution in [0.1, 0.15) is 5.56 Å². The van der Waals surface area contributed by atoms with E-state index in [1.807, 2.05) is 35.2 Å². The van der Waals surface area contributed by atoms with Crippen LogP contribution >= 0.6 is 11.9 Å². The minimum atomic E-state index is 0.656. The maximum absolute atomic E-state index is 5.43. The van der Waals surface area contributed by atoms with Crippen LogP contribution in [0.4, 0.5) is 5.82 Å². The molecular weight excluding hydrogens is 386 g/mol. The minimum Gasteiger partial charge on any atom is -0.497 e. The molecule has 7 nitrogen and oxygen atoms in total. The van der Waals surface area contributed by atoms with E-state index in [1.54, 1.807) is 20.5 Å². The first-order valence-corrected chi connectivity index (χ1v) is 9.95. The predicted molar refractivity (Wildman–Crippen MR) is 114 cm³/mol. The van der Waals surface area contributed by atoms with Crippen LogP contribution in [0.15, 0.2) is 66.1 Å². The molecule has 0 fully saturated rings. The number of imidazole rings is 1. The summed E-state index contributed by atoms with van der Waals surface area (Å²) < 4.78 is 16.1. The van der Waals surface area contributed by atoms with Crippen molar-refractivity contribution in [3.05, 3.63) is 66.7 Å². The smallest absolute Gasteiger partial charge is 0.167 e. The number of methoxy groups -OCH3 is 2. The summed E-state index contributed by atoms with van der Waals surface area (Å²) in [5, 5.41) is 0. The number of fused-ring (bicyclic) bond motifs is 1. The molecule has 0 unspecified atom stereocenters. The molecule has 0 aliphatic heterocycles. The average Bonchev–Trinajstić information content (AvgIpc) is 3.20. The van der Waals surface area contributed by atoms with Crippen molar-refractivity contribution in [2.75, 3.05) is 18.9 Å². The molecule has 0 saturated carbocycles. The highest BCUT2D eigenvalue weighted by atomic mass is 32.2. The van der Waals surface area contributed by atoms with E-state index in [1.165, 1.54) is 17.5 Å². The van der Waals surface area contributed by atoms with Crippen LogP contribution in [-0.4, -0.2) is 33.7 Å². The lowest BCUT2D eigenvalue weighted by atomic mass is 10.1. The Morgan fingerprint density at radius 1 is 1.00 bits per heavy atom. The van der Waals surface area contributed by atoms with E-state index in [0.717, 1.165) is 40.5 Å². The van der Waals surface area contributed by atoms with Gasteiger partial charge in [-0.3, -0.25) is 0 Å². The summed E-state index contributed by atoms with van der Waals surface area (Å²) in [4.78, 5) is 14.2. The standard InChI is InChI=1S/C21H21N5O2S/c1-27-16-8-9-17(28-2)18(12-16)29-25-20-19-21(23-13-22-20)26(14-24-19)11-10-15-6-4-3-5-7-15/h3-9,12-14H,10-11H2,1-2H3,(H,22,23,25). The molecule has 2 heterocycles. The van der Waals surface area contributed by atoms with Gasteiger partial charge in [0.25, 0.3) is 0 Å². The van der Waals surface area contributed by atoms with E-state index >= 15 is 0 Å². The Hall–Kier alpha value is -3.26. The topological polar surface area (TPSA) is 74.1 Å². The Labute approximate surface area is 173 Å². The minimum absolute atomic E-state index is 0.656. The Balaban J connectivity index is 1.52. The highest BCUT2D eigenvalue weighted by Crippen LogP contribution is 2.33. The van der Waals surface area contributed by atoms with Gasteiger partial charge in [-0.2, -0.15) is 0 Å². The molecule has 1 N–H and O–H groups in total. The second kappa shape index (κ2) is 8.83. The summed E-state index contributed by atoms with van der Waals surface area (Å²) in [5.41, 5.74) is 2.81. The van der Waals surface area contributed by atoms with Gasteiger partial charge in [0, 0.05) is 6.54 Å². The summed E-state index contributed by atoms with van der Waals surface area (Å²) in [6.07, 6.45) is 4.27. The second-order valence-electron chi connectivity index (χ2n) is 6.29. The van der Waals surface area contributed by atoms with E-state index in [9.17, 15) is 0 Å². The van der Waals surface area contributed by atoms with Crippen molar-refractivity contribution < 1.29 is 9.47 Å². The second-order valence-corrected chi connectivity index (χ2v) is 7.14. The molecule has 2 aromatic heterocycles. The first-order chi connectivity index (χ1) is 14.3. The normalized spacial score (nSPS) is 10.8. The summed E-state index contributed by atoms with van der Waals surface area (Å²) >= 11 is 1.39. The van der Waals surface area contributed by atoms with Gasteiger partial charge in [0.1, 0.15) is 17.8 Å². The third-order valence-corrected chi connectivity index (χ3v) is 5.35. The molecule has 8 heteroatoms. The van der Waals surface area contributed by atoms with Gasteiger partial charge in [0.05, 0.1) is 25.4 Å². The van der Waals surface area contributed by atoms with Crippen molar-refractivity contribution in [1.29, 1.82) is 0 Å². The lowest BCUT2D eigenvalue weighted by molar-refractivity contribution is 0.394. The molecule has 29 heavy (non-hydrogen) atoms. The zero-order chi connectivity index (χ0) is 20.1. The molecule has 4 aromatic rings. The summed E-state index contributed by atoms with van der Waals surface area (Å²) in [6.45, 7) is 0.799. The molecule has 0 amide bonds. The maximum Gasteiger partial charge on any atom is 0.167 e. The van der Waals surface area contributed by atoms with Crippen LogP contribution in [-0.2, 0) is 13.0 Å². The first-order valence-electron chi connectivity index (χ1n) is 9.13. The molecule has 0 bridgehead atoms. The molecule has 0 aliphatic carbocycles. The van der Waals surface area contributed by atoms with Crippen molar-refractivity contribution in [3.63, 3.8) is 0 Å². The monoisotopic (exact) mass is 407 g/mol. The van der Waals surface area contributed by atoms with Gasteiger partial charge in [-0.05, 0) is 42.1 Å². The zero-order valence-corrected chi connectivity index (χ0v) is 17.0. The van der Waals surface area contributed by atoms with Crippen LogP contribution in [0.25, 0.3) is 11.2 Å². The van der Waals surface area contributed by atoms with Gasteiger partial charge in [0.2, 0.25) is 0 Å². The fraction of sp³-hybridized carbons (Fsp3) is 0.190. The molecule has 0 radical (unpaired) electrons. The highest BCUT2D eigenvalue weighted by molar-refractivity contribution is 8.00. The average molecular weight is 407 g/mol. The van der Waals surface area contributed by atoms with Crippen LogP contribution in [0, 0.1) is 0 Å². The molecule has 0 saturated heterocycles. The van der Waals surface area contributed by atoms with Gasteiger partial charge in [0.15, 0.2) is 17.0 Å². The lowest BCUT2D eigenvalue weighted by Gasteiger charge is -2.11. The van der Waals surface area contributed by atoms with Crippen LogP contribution in [0.3, 0.4) is 0 Å². The summed E-state index contributed by atoms with van der Waals surface area (Å²) in [5.74, 6) is 2.17. The lowest BCUT2D eigenvalue weighted by Crippen LogP contribution is -2.02. The molecule has 4 rings (SSSR count). The van der Waals surface area contributed by atoms with Gasteiger partial charge in [-0.25, -0.2) is 15.0 Å². The summed E-state index contributed by atoms with van der Waals surface area (Å²) in [7, 11) is 3.28. The third-order valence-electron chi connectivity index (χ3n) is 4.51. The third kappa shape index (κ3) is 4.27. The number of anilines is 1. The van der Waals surface area contributed by atoms with Crippen molar-refractivity contribution >= 4 is 28.9 Å². The zero-order valence-electron chi connectivity index (χ0n) is 16.2. The van der Waals surface area contributed by atoms with E-state index in [4.69, 9.17) is 9.47 Å². The van der Waals surface area contributed by atoms with Gasteiger partial charge in [-0.1, -0.05) is 30.3 Å². The van der Waals surface area contributed by atoms with E-state index < -0.39 is 0 Å². The van der Waals surface area contributed by atoms with Crippen LogP contribution < -0.4 is 14.2 Å². The SMILES string of the molecule is COc1ccc(OC)c(SNc2ncnc3c2ncn3CCc2ccccc2)c1. The number of aromatic nitrogens is 4. The van der Waals surface area contributed by atoms with Gasteiger partial charge >= 0.3 is 0 Å². The molecule has 2 aromatic carbocycles. The molecule has 0 spiro atoms. The van der Waals surface area contributed by atoms with Crippen molar-refractivity contribution in [3.8, 4) is 11.5 Å². The number of rotatable bonds is 8. The Bertz CT molecular complexity index is 1100. The molecule has 0 aliphatic rings. The fourth-order valence-corrected chi connectivity index (χ4v) is 3.76. The van der Waals surface area contributed by atoms with Crippen LogP contribution in [0.5, 0.6) is 11.5 Å². The quantitative estimate of drug-likeness (QED) is 0.439. The molecule has 148 valence electrons. The predicted octanol–water partition coefficient (Wildman–Crippen LogP) is 4.21.